The highest BCUT2D eigenvalue weighted by Crippen LogP contribution is 2.16. The zero-order valence-electron chi connectivity index (χ0n) is 15.1. The van der Waals surface area contributed by atoms with Crippen LogP contribution >= 0.6 is 0 Å². The number of rotatable bonds is 6. The van der Waals surface area contributed by atoms with Crippen molar-refractivity contribution in [1.29, 1.82) is 0 Å². The summed E-state index contributed by atoms with van der Waals surface area (Å²) in [6.45, 7) is 0.168. The van der Waals surface area contributed by atoms with Gasteiger partial charge in [0.2, 0.25) is 5.91 Å². The molecule has 0 fully saturated rings. The molecular formula is C22H21N3O2. The van der Waals surface area contributed by atoms with Gasteiger partial charge in [-0.3, -0.25) is 9.59 Å². The summed E-state index contributed by atoms with van der Waals surface area (Å²) >= 11 is 0. The summed E-state index contributed by atoms with van der Waals surface area (Å²) in [5.74, 6) is -0.260. The fraction of sp³-hybridized carbons (Fsp3) is 0.0909. The Balaban J connectivity index is 1.56. The molecule has 2 amide bonds. The molecule has 0 saturated heterocycles. The fourth-order valence-corrected chi connectivity index (χ4v) is 2.60. The van der Waals surface area contributed by atoms with Crippen LogP contribution in [0.5, 0.6) is 0 Å². The number of para-hydroxylation sites is 2. The van der Waals surface area contributed by atoms with Gasteiger partial charge >= 0.3 is 0 Å². The van der Waals surface area contributed by atoms with Gasteiger partial charge in [0.15, 0.2) is 0 Å². The van der Waals surface area contributed by atoms with Gasteiger partial charge in [-0.15, -0.1) is 0 Å². The summed E-state index contributed by atoms with van der Waals surface area (Å²) in [6, 6.07) is 25.9. The monoisotopic (exact) mass is 359 g/mol. The first-order chi connectivity index (χ1) is 13.1. The quantitative estimate of drug-likeness (QED) is 0.699. The minimum Gasteiger partial charge on any atom is -0.376 e. The predicted molar refractivity (Wildman–Crippen MR) is 109 cm³/mol. The Bertz CT molecular complexity index is 894. The van der Waals surface area contributed by atoms with Crippen LogP contribution in [-0.2, 0) is 4.79 Å². The van der Waals surface area contributed by atoms with E-state index in [1.54, 1.807) is 36.2 Å². The van der Waals surface area contributed by atoms with Gasteiger partial charge in [-0.25, -0.2) is 0 Å². The van der Waals surface area contributed by atoms with Gasteiger partial charge in [0.05, 0.1) is 6.54 Å². The van der Waals surface area contributed by atoms with E-state index in [-0.39, 0.29) is 18.4 Å². The molecule has 0 atom stereocenters. The van der Waals surface area contributed by atoms with Gasteiger partial charge in [-0.2, -0.15) is 0 Å². The molecular weight excluding hydrogens is 338 g/mol. The van der Waals surface area contributed by atoms with Gasteiger partial charge in [0.1, 0.15) is 0 Å². The first-order valence-corrected chi connectivity index (χ1v) is 8.65. The lowest BCUT2D eigenvalue weighted by Gasteiger charge is -2.17. The molecule has 0 unspecified atom stereocenters. The van der Waals surface area contributed by atoms with Crippen molar-refractivity contribution in [3.63, 3.8) is 0 Å². The lowest BCUT2D eigenvalue weighted by atomic mass is 10.1. The molecule has 0 aromatic heterocycles. The van der Waals surface area contributed by atoms with E-state index in [4.69, 9.17) is 0 Å². The number of nitrogens with one attached hydrogen (secondary N) is 2. The van der Waals surface area contributed by atoms with Crippen LogP contribution in [0.15, 0.2) is 84.9 Å². The Hall–Kier alpha value is -3.60. The molecule has 0 radical (unpaired) electrons. The van der Waals surface area contributed by atoms with Crippen molar-refractivity contribution < 1.29 is 9.59 Å². The van der Waals surface area contributed by atoms with Crippen molar-refractivity contribution in [3.05, 3.63) is 90.5 Å². The molecule has 0 saturated carbocycles. The summed E-state index contributed by atoms with van der Waals surface area (Å²) in [4.78, 5) is 26.2. The summed E-state index contributed by atoms with van der Waals surface area (Å²) in [6.07, 6.45) is 0. The molecule has 2 N–H and O–H groups in total. The summed E-state index contributed by atoms with van der Waals surface area (Å²) in [5, 5.41) is 5.87. The lowest BCUT2D eigenvalue weighted by Crippen LogP contribution is -2.26. The smallest absolute Gasteiger partial charge is 0.258 e. The Kier molecular flexibility index (Phi) is 5.84. The number of nitrogens with zero attached hydrogens (tertiary/aromatic N) is 1. The highest BCUT2D eigenvalue weighted by atomic mass is 16.2. The maximum atomic E-state index is 12.6. The minimum atomic E-state index is -0.153. The molecule has 5 heteroatoms. The zero-order chi connectivity index (χ0) is 19.1. The van der Waals surface area contributed by atoms with E-state index in [9.17, 15) is 9.59 Å². The average Bonchev–Trinajstić information content (AvgIpc) is 2.73. The molecule has 0 bridgehead atoms. The molecule has 136 valence electrons. The van der Waals surface area contributed by atoms with E-state index in [2.05, 4.69) is 10.6 Å². The second-order valence-corrected chi connectivity index (χ2v) is 6.04. The maximum absolute atomic E-state index is 12.6. The molecule has 3 aromatic carbocycles. The van der Waals surface area contributed by atoms with E-state index in [0.29, 0.717) is 11.3 Å². The highest BCUT2D eigenvalue weighted by molar-refractivity contribution is 6.06. The zero-order valence-corrected chi connectivity index (χ0v) is 15.1. The first-order valence-electron chi connectivity index (χ1n) is 8.65. The summed E-state index contributed by atoms with van der Waals surface area (Å²) in [7, 11) is 1.74. The predicted octanol–water partition coefficient (Wildman–Crippen LogP) is 4.01. The molecule has 3 aromatic rings. The molecule has 0 aliphatic rings. The number of hydrogen-bond donors (Lipinski definition) is 2. The number of anilines is 3. The summed E-state index contributed by atoms with van der Waals surface area (Å²) in [5.41, 5.74) is 2.92. The number of benzene rings is 3. The van der Waals surface area contributed by atoms with Crippen LogP contribution in [0.25, 0.3) is 0 Å². The molecule has 0 aliphatic carbocycles. The SMILES string of the molecule is CN(C(=O)c1ccc(NC(=O)CNc2ccccc2)cc1)c1ccccc1. The number of amides is 2. The van der Waals surface area contributed by atoms with E-state index < -0.39 is 0 Å². The van der Waals surface area contributed by atoms with Gasteiger partial charge in [-0.1, -0.05) is 36.4 Å². The lowest BCUT2D eigenvalue weighted by molar-refractivity contribution is -0.114. The van der Waals surface area contributed by atoms with Gasteiger partial charge in [0, 0.05) is 29.7 Å². The van der Waals surface area contributed by atoms with Crippen LogP contribution in [0.1, 0.15) is 10.4 Å². The van der Waals surface area contributed by atoms with Crippen molar-refractivity contribution >= 4 is 28.9 Å². The van der Waals surface area contributed by atoms with Crippen molar-refractivity contribution in [3.8, 4) is 0 Å². The van der Waals surface area contributed by atoms with Gasteiger partial charge in [0.25, 0.3) is 5.91 Å². The van der Waals surface area contributed by atoms with Crippen LogP contribution in [0.2, 0.25) is 0 Å². The maximum Gasteiger partial charge on any atom is 0.258 e. The normalized spacial score (nSPS) is 10.1. The third-order valence-electron chi connectivity index (χ3n) is 4.09. The van der Waals surface area contributed by atoms with Crippen LogP contribution in [0, 0.1) is 0 Å². The van der Waals surface area contributed by atoms with E-state index in [1.165, 1.54) is 0 Å². The Morgan fingerprint density at radius 2 is 1.37 bits per heavy atom. The van der Waals surface area contributed by atoms with E-state index >= 15 is 0 Å². The standard InChI is InChI=1S/C22H21N3O2/c1-25(20-10-6-3-7-11-20)22(27)17-12-14-19(15-13-17)24-21(26)16-23-18-8-4-2-5-9-18/h2-15,23H,16H2,1H3,(H,24,26). The van der Waals surface area contributed by atoms with Gasteiger partial charge in [-0.05, 0) is 48.5 Å². The molecule has 0 aliphatic heterocycles. The van der Waals surface area contributed by atoms with Gasteiger partial charge < -0.3 is 15.5 Å². The van der Waals surface area contributed by atoms with E-state index in [1.807, 2.05) is 60.7 Å². The van der Waals surface area contributed by atoms with Crippen molar-refractivity contribution in [2.24, 2.45) is 0 Å². The highest BCUT2D eigenvalue weighted by Gasteiger charge is 2.13. The van der Waals surface area contributed by atoms with Crippen LogP contribution in [-0.4, -0.2) is 25.4 Å². The van der Waals surface area contributed by atoms with Crippen LogP contribution in [0.4, 0.5) is 17.1 Å². The third-order valence-corrected chi connectivity index (χ3v) is 4.09. The third kappa shape index (κ3) is 4.95. The first kappa shape index (κ1) is 18.2. The van der Waals surface area contributed by atoms with Crippen LogP contribution in [0.3, 0.4) is 0 Å². The molecule has 27 heavy (non-hydrogen) atoms. The largest absolute Gasteiger partial charge is 0.376 e. The Labute approximate surface area is 158 Å². The Morgan fingerprint density at radius 3 is 2.00 bits per heavy atom. The van der Waals surface area contributed by atoms with Crippen molar-refractivity contribution in [2.75, 3.05) is 29.1 Å². The second kappa shape index (κ2) is 8.67. The van der Waals surface area contributed by atoms with Crippen LogP contribution < -0.4 is 15.5 Å². The molecule has 0 spiro atoms. The number of carbonyl (C=O) groups is 2. The topological polar surface area (TPSA) is 61.4 Å². The van der Waals surface area contributed by atoms with Crippen molar-refractivity contribution in [1.82, 2.24) is 0 Å². The molecule has 5 nitrogen and oxygen atoms in total. The second-order valence-electron chi connectivity index (χ2n) is 6.04. The minimum absolute atomic E-state index is 0.107. The average molecular weight is 359 g/mol. The Morgan fingerprint density at radius 1 is 0.778 bits per heavy atom. The van der Waals surface area contributed by atoms with E-state index in [0.717, 1.165) is 11.4 Å². The number of carbonyl (C=O) groups excluding carboxylic acids is 2. The summed E-state index contributed by atoms with van der Waals surface area (Å²) < 4.78 is 0. The van der Waals surface area contributed by atoms with Crippen molar-refractivity contribution in [2.45, 2.75) is 0 Å². The number of hydrogen-bond acceptors (Lipinski definition) is 3. The molecule has 3 rings (SSSR count). The molecule has 0 heterocycles. The fourth-order valence-electron chi connectivity index (χ4n) is 2.60.